The van der Waals surface area contributed by atoms with Crippen LogP contribution in [0, 0.1) is 0 Å². The maximum Gasteiger partial charge on any atom is 0.231 e. The summed E-state index contributed by atoms with van der Waals surface area (Å²) in [5.74, 6) is 3.03. The SMILES string of the molecule is COc1ccc(OC)c(-c2csc(=Nc3cccnc3)n2Cc2ccc3c(c2)OCO3)c1. The lowest BCUT2D eigenvalue weighted by Gasteiger charge is -2.14. The standard InChI is InChI=1S/C24H21N3O4S/c1-28-18-6-8-21(29-2)19(11-18)20-14-32-24(26-17-4-3-9-25-12-17)27(20)13-16-5-7-22-23(10-16)31-15-30-22/h3-12,14H,13,15H2,1-2H3. The van der Waals surface area contributed by atoms with Crippen molar-refractivity contribution in [2.75, 3.05) is 21.0 Å². The molecule has 0 saturated carbocycles. The monoisotopic (exact) mass is 447 g/mol. The highest BCUT2D eigenvalue weighted by Crippen LogP contribution is 2.36. The number of aromatic nitrogens is 2. The van der Waals surface area contributed by atoms with Gasteiger partial charge in [0.15, 0.2) is 16.3 Å². The summed E-state index contributed by atoms with van der Waals surface area (Å²) in [5.41, 5.74) is 3.77. The first kappa shape index (κ1) is 20.1. The first-order valence-electron chi connectivity index (χ1n) is 9.99. The Morgan fingerprint density at radius 3 is 2.78 bits per heavy atom. The van der Waals surface area contributed by atoms with Gasteiger partial charge in [0.1, 0.15) is 11.5 Å². The topological polar surface area (TPSA) is 67.1 Å². The number of fused-ring (bicyclic) bond motifs is 1. The molecular weight excluding hydrogens is 426 g/mol. The molecule has 32 heavy (non-hydrogen) atoms. The molecule has 4 aromatic rings. The molecular formula is C24H21N3O4S. The number of rotatable bonds is 6. The van der Waals surface area contributed by atoms with E-state index in [4.69, 9.17) is 23.9 Å². The fraction of sp³-hybridized carbons (Fsp3) is 0.167. The van der Waals surface area contributed by atoms with Crippen LogP contribution in [0.25, 0.3) is 11.3 Å². The lowest BCUT2D eigenvalue weighted by atomic mass is 10.1. The molecule has 0 unspecified atom stereocenters. The molecule has 162 valence electrons. The number of ether oxygens (including phenoxy) is 4. The summed E-state index contributed by atoms with van der Waals surface area (Å²) in [5, 5.41) is 2.08. The van der Waals surface area contributed by atoms with Crippen LogP contribution in [0.4, 0.5) is 5.69 Å². The minimum Gasteiger partial charge on any atom is -0.497 e. The molecule has 0 N–H and O–H groups in total. The quantitative estimate of drug-likeness (QED) is 0.431. The lowest BCUT2D eigenvalue weighted by molar-refractivity contribution is 0.174. The van der Waals surface area contributed by atoms with E-state index in [0.717, 1.165) is 50.3 Å². The largest absolute Gasteiger partial charge is 0.497 e. The Bertz CT molecular complexity index is 1310. The van der Waals surface area contributed by atoms with E-state index in [1.807, 2.05) is 48.5 Å². The average Bonchev–Trinajstić information content (AvgIpc) is 3.46. The minimum atomic E-state index is 0.248. The third-order valence-electron chi connectivity index (χ3n) is 5.13. The molecule has 1 aliphatic heterocycles. The smallest absolute Gasteiger partial charge is 0.231 e. The first-order valence-corrected chi connectivity index (χ1v) is 10.9. The van der Waals surface area contributed by atoms with E-state index >= 15 is 0 Å². The zero-order chi connectivity index (χ0) is 21.9. The van der Waals surface area contributed by atoms with E-state index in [0.29, 0.717) is 6.54 Å². The first-order chi connectivity index (χ1) is 15.7. The van der Waals surface area contributed by atoms with Crippen molar-refractivity contribution in [2.45, 2.75) is 6.54 Å². The number of benzene rings is 2. The lowest BCUT2D eigenvalue weighted by Crippen LogP contribution is -2.17. The van der Waals surface area contributed by atoms with E-state index in [1.54, 1.807) is 38.0 Å². The van der Waals surface area contributed by atoms with Gasteiger partial charge in [-0.1, -0.05) is 6.07 Å². The predicted octanol–water partition coefficient (Wildman–Crippen LogP) is 4.64. The maximum atomic E-state index is 5.65. The van der Waals surface area contributed by atoms with Crippen LogP contribution in [0.1, 0.15) is 5.56 Å². The van der Waals surface area contributed by atoms with Gasteiger partial charge < -0.3 is 23.5 Å². The van der Waals surface area contributed by atoms with Gasteiger partial charge in [-0.05, 0) is 48.0 Å². The van der Waals surface area contributed by atoms with Gasteiger partial charge in [-0.15, -0.1) is 11.3 Å². The number of hydrogen-bond donors (Lipinski definition) is 0. The molecule has 0 amide bonds. The zero-order valence-corrected chi connectivity index (χ0v) is 18.5. The van der Waals surface area contributed by atoms with Crippen LogP contribution in [-0.4, -0.2) is 30.6 Å². The summed E-state index contributed by atoms with van der Waals surface area (Å²) in [6.07, 6.45) is 3.48. The molecule has 0 fully saturated rings. The molecule has 0 aliphatic carbocycles. The van der Waals surface area contributed by atoms with E-state index < -0.39 is 0 Å². The summed E-state index contributed by atoms with van der Waals surface area (Å²) < 4.78 is 24.3. The van der Waals surface area contributed by atoms with E-state index in [-0.39, 0.29) is 6.79 Å². The van der Waals surface area contributed by atoms with Crippen molar-refractivity contribution in [2.24, 2.45) is 4.99 Å². The number of methoxy groups -OCH3 is 2. The third kappa shape index (κ3) is 3.92. The van der Waals surface area contributed by atoms with Crippen LogP contribution in [0.3, 0.4) is 0 Å². The predicted molar refractivity (Wildman–Crippen MR) is 122 cm³/mol. The van der Waals surface area contributed by atoms with Crippen LogP contribution in [0.15, 0.2) is 71.3 Å². The summed E-state index contributed by atoms with van der Waals surface area (Å²) in [6, 6.07) is 15.6. The van der Waals surface area contributed by atoms with Crippen LogP contribution in [0.5, 0.6) is 23.0 Å². The molecule has 1 aliphatic rings. The molecule has 2 aromatic carbocycles. The third-order valence-corrected chi connectivity index (χ3v) is 5.99. The molecule has 0 bridgehead atoms. The average molecular weight is 448 g/mol. The molecule has 0 spiro atoms. The highest BCUT2D eigenvalue weighted by atomic mass is 32.1. The van der Waals surface area contributed by atoms with Gasteiger partial charge in [0, 0.05) is 17.1 Å². The Morgan fingerprint density at radius 2 is 1.97 bits per heavy atom. The Hall–Kier alpha value is -3.78. The molecule has 0 radical (unpaired) electrons. The molecule has 7 nitrogen and oxygen atoms in total. The minimum absolute atomic E-state index is 0.248. The second-order valence-corrected chi connectivity index (χ2v) is 7.90. The molecule has 2 aromatic heterocycles. The van der Waals surface area contributed by atoms with Crippen LogP contribution >= 0.6 is 11.3 Å². The number of nitrogens with zero attached hydrogens (tertiary/aromatic N) is 3. The van der Waals surface area contributed by atoms with Crippen molar-refractivity contribution < 1.29 is 18.9 Å². The van der Waals surface area contributed by atoms with Gasteiger partial charge in [0.05, 0.1) is 38.3 Å². The second-order valence-electron chi connectivity index (χ2n) is 7.07. The Labute approximate surface area is 189 Å². The molecule has 0 saturated heterocycles. The van der Waals surface area contributed by atoms with Crippen LogP contribution in [-0.2, 0) is 6.54 Å². The van der Waals surface area contributed by atoms with Gasteiger partial charge >= 0.3 is 0 Å². The molecule has 3 heterocycles. The summed E-state index contributed by atoms with van der Waals surface area (Å²) >= 11 is 1.56. The van der Waals surface area contributed by atoms with Crippen molar-refractivity contribution in [3.05, 3.63) is 76.7 Å². The van der Waals surface area contributed by atoms with Gasteiger partial charge in [-0.25, -0.2) is 4.99 Å². The molecule has 0 atom stereocenters. The Morgan fingerprint density at radius 1 is 1.06 bits per heavy atom. The number of pyridine rings is 1. The van der Waals surface area contributed by atoms with Crippen molar-refractivity contribution in [3.8, 4) is 34.3 Å². The number of hydrogen-bond acceptors (Lipinski definition) is 7. The maximum absolute atomic E-state index is 5.65. The van der Waals surface area contributed by atoms with E-state index in [2.05, 4.69) is 14.9 Å². The Balaban J connectivity index is 1.66. The van der Waals surface area contributed by atoms with Gasteiger partial charge in [0.25, 0.3) is 0 Å². The van der Waals surface area contributed by atoms with Gasteiger partial charge in [-0.2, -0.15) is 0 Å². The fourth-order valence-corrected chi connectivity index (χ4v) is 4.47. The summed E-state index contributed by atoms with van der Waals surface area (Å²) in [6.45, 7) is 0.840. The highest BCUT2D eigenvalue weighted by molar-refractivity contribution is 7.07. The van der Waals surface area contributed by atoms with Crippen molar-refractivity contribution >= 4 is 17.0 Å². The van der Waals surface area contributed by atoms with E-state index in [9.17, 15) is 0 Å². The van der Waals surface area contributed by atoms with Crippen LogP contribution in [0.2, 0.25) is 0 Å². The Kier molecular flexibility index (Phi) is 5.51. The fourth-order valence-electron chi connectivity index (χ4n) is 3.55. The number of thiazole rings is 1. The van der Waals surface area contributed by atoms with Crippen molar-refractivity contribution in [1.82, 2.24) is 9.55 Å². The zero-order valence-electron chi connectivity index (χ0n) is 17.6. The normalized spacial score (nSPS) is 12.8. The van der Waals surface area contributed by atoms with Gasteiger partial charge in [0.2, 0.25) is 6.79 Å². The summed E-state index contributed by atoms with van der Waals surface area (Å²) in [4.78, 5) is 9.87. The van der Waals surface area contributed by atoms with Crippen molar-refractivity contribution in [3.63, 3.8) is 0 Å². The van der Waals surface area contributed by atoms with Crippen molar-refractivity contribution in [1.29, 1.82) is 0 Å². The molecule has 8 heteroatoms. The second kappa shape index (κ2) is 8.76. The van der Waals surface area contributed by atoms with Gasteiger partial charge in [-0.3, -0.25) is 4.98 Å². The molecule has 5 rings (SSSR count). The summed E-state index contributed by atoms with van der Waals surface area (Å²) in [7, 11) is 3.32. The highest BCUT2D eigenvalue weighted by Gasteiger charge is 2.17. The van der Waals surface area contributed by atoms with E-state index in [1.165, 1.54) is 0 Å². The van der Waals surface area contributed by atoms with Crippen LogP contribution < -0.4 is 23.7 Å².